The lowest BCUT2D eigenvalue weighted by Gasteiger charge is -2.29. The fourth-order valence-corrected chi connectivity index (χ4v) is 2.71. The average molecular weight is 318 g/mol. The van der Waals surface area contributed by atoms with Crippen molar-refractivity contribution in [2.75, 3.05) is 24.5 Å². The fraction of sp³-hybridized carbons (Fsp3) is 0.400. The molecular weight excluding hydrogens is 300 g/mol. The van der Waals surface area contributed by atoms with Gasteiger partial charge in [0.25, 0.3) is 5.91 Å². The number of β-amino-alcohol motifs (C(OH)–C–C–N with tert-alkyl or cyclic N) is 1. The molecule has 2 aliphatic rings. The Hall–Kier alpha value is -2.45. The second-order valence-corrected chi connectivity index (χ2v) is 5.63. The van der Waals surface area contributed by atoms with E-state index in [-0.39, 0.29) is 24.4 Å². The monoisotopic (exact) mass is 318 g/mol. The van der Waals surface area contributed by atoms with Gasteiger partial charge < -0.3 is 15.7 Å². The van der Waals surface area contributed by atoms with Gasteiger partial charge in [0, 0.05) is 17.8 Å². The summed E-state index contributed by atoms with van der Waals surface area (Å²) in [5.41, 5.74) is 0.984. The van der Waals surface area contributed by atoms with Crippen LogP contribution in [-0.4, -0.2) is 54.7 Å². The summed E-state index contributed by atoms with van der Waals surface area (Å²) in [6.07, 6.45) is 0.0624. The first-order chi connectivity index (χ1) is 11.0. The van der Waals surface area contributed by atoms with E-state index in [0.717, 1.165) is 6.54 Å². The molecule has 2 saturated heterocycles. The van der Waals surface area contributed by atoms with Gasteiger partial charge in [0.15, 0.2) is 0 Å². The predicted octanol–water partition coefficient (Wildman–Crippen LogP) is -0.805. The van der Waals surface area contributed by atoms with Gasteiger partial charge >= 0.3 is 6.03 Å². The Morgan fingerprint density at radius 3 is 2.61 bits per heavy atom. The van der Waals surface area contributed by atoms with Crippen molar-refractivity contribution in [3.8, 4) is 0 Å². The Morgan fingerprint density at radius 1 is 1.26 bits per heavy atom. The van der Waals surface area contributed by atoms with E-state index in [1.54, 1.807) is 24.3 Å². The number of imide groups is 1. The number of benzene rings is 1. The molecule has 1 aromatic rings. The third-order valence-corrected chi connectivity index (χ3v) is 4.00. The van der Waals surface area contributed by atoms with Crippen LogP contribution in [0.2, 0.25) is 0 Å². The molecule has 1 aromatic carbocycles. The number of carbonyl (C=O) groups excluding carboxylic acids is 3. The Morgan fingerprint density at radius 2 is 2.00 bits per heavy atom. The van der Waals surface area contributed by atoms with E-state index < -0.39 is 12.1 Å². The minimum Gasteiger partial charge on any atom is -0.390 e. The first-order valence-corrected chi connectivity index (χ1v) is 7.45. The van der Waals surface area contributed by atoms with Crippen LogP contribution in [0.5, 0.6) is 0 Å². The van der Waals surface area contributed by atoms with Gasteiger partial charge in [0.2, 0.25) is 5.91 Å². The highest BCUT2D eigenvalue weighted by Crippen LogP contribution is 2.18. The van der Waals surface area contributed by atoms with Crippen molar-refractivity contribution < 1.29 is 19.5 Å². The molecule has 4 amide bonds. The van der Waals surface area contributed by atoms with E-state index >= 15 is 0 Å². The van der Waals surface area contributed by atoms with Crippen molar-refractivity contribution >= 4 is 23.5 Å². The number of nitrogens with one attached hydrogen (secondary N) is 3. The Kier molecular flexibility index (Phi) is 4.26. The molecule has 0 unspecified atom stereocenters. The molecule has 2 atom stereocenters. The van der Waals surface area contributed by atoms with Crippen molar-refractivity contribution in [3.63, 3.8) is 0 Å². The molecular formula is C15H18N4O4. The van der Waals surface area contributed by atoms with Crippen LogP contribution in [0.25, 0.3) is 0 Å². The molecule has 2 heterocycles. The maximum Gasteiger partial charge on any atom is 0.329 e. The zero-order valence-electron chi connectivity index (χ0n) is 12.4. The van der Waals surface area contributed by atoms with Gasteiger partial charge in [-0.15, -0.1) is 0 Å². The average Bonchev–Trinajstić information content (AvgIpc) is 2.88. The number of hydrogen-bond donors (Lipinski definition) is 4. The van der Waals surface area contributed by atoms with Crippen LogP contribution in [0.1, 0.15) is 16.8 Å². The van der Waals surface area contributed by atoms with Crippen molar-refractivity contribution in [2.24, 2.45) is 0 Å². The third kappa shape index (κ3) is 3.33. The standard InChI is InChI=1S/C15H18N4O4/c20-12-7-16-6-5-11(12)17-14(22)9-1-3-10(4-2-9)19-8-13(21)18-15(19)23/h1-4,11-12,16,20H,5-8H2,(H,17,22)(H,18,21,23)/t11-,12-/m1/s1. The van der Waals surface area contributed by atoms with Gasteiger partial charge in [0.05, 0.1) is 12.1 Å². The summed E-state index contributed by atoms with van der Waals surface area (Å²) >= 11 is 0. The predicted molar refractivity (Wildman–Crippen MR) is 82.1 cm³/mol. The zero-order valence-corrected chi connectivity index (χ0v) is 12.4. The molecule has 0 saturated carbocycles. The topological polar surface area (TPSA) is 111 Å². The van der Waals surface area contributed by atoms with Gasteiger partial charge in [-0.05, 0) is 37.2 Å². The SMILES string of the molecule is O=C1CN(c2ccc(C(=O)N[C@@H]3CCNC[C@H]3O)cc2)C(=O)N1. The van der Waals surface area contributed by atoms with E-state index in [4.69, 9.17) is 0 Å². The van der Waals surface area contributed by atoms with Gasteiger partial charge in [-0.25, -0.2) is 4.79 Å². The van der Waals surface area contributed by atoms with E-state index in [1.165, 1.54) is 4.90 Å². The Labute approximate surface area is 132 Å². The van der Waals surface area contributed by atoms with Crippen LogP contribution in [0.15, 0.2) is 24.3 Å². The molecule has 0 aliphatic carbocycles. The molecule has 0 bridgehead atoms. The number of rotatable bonds is 3. The molecule has 122 valence electrons. The lowest BCUT2D eigenvalue weighted by atomic mass is 10.0. The molecule has 8 nitrogen and oxygen atoms in total. The van der Waals surface area contributed by atoms with Crippen LogP contribution < -0.4 is 20.9 Å². The maximum absolute atomic E-state index is 12.2. The lowest BCUT2D eigenvalue weighted by molar-refractivity contribution is -0.117. The summed E-state index contributed by atoms with van der Waals surface area (Å²) in [7, 11) is 0. The quantitative estimate of drug-likeness (QED) is 0.545. The summed E-state index contributed by atoms with van der Waals surface area (Å²) < 4.78 is 0. The number of aliphatic hydroxyl groups is 1. The number of urea groups is 1. The highest BCUT2D eigenvalue weighted by Gasteiger charge is 2.28. The summed E-state index contributed by atoms with van der Waals surface area (Å²) in [5.74, 6) is -0.624. The van der Waals surface area contributed by atoms with Crippen molar-refractivity contribution in [1.29, 1.82) is 0 Å². The van der Waals surface area contributed by atoms with Crippen molar-refractivity contribution in [3.05, 3.63) is 29.8 Å². The van der Waals surface area contributed by atoms with Gasteiger partial charge in [-0.3, -0.25) is 19.8 Å². The Balaban J connectivity index is 1.66. The normalized spacial score (nSPS) is 24.5. The highest BCUT2D eigenvalue weighted by atomic mass is 16.3. The van der Waals surface area contributed by atoms with Gasteiger partial charge in [0.1, 0.15) is 6.54 Å². The maximum atomic E-state index is 12.2. The number of hydrogen-bond acceptors (Lipinski definition) is 5. The molecule has 0 aromatic heterocycles. The van der Waals surface area contributed by atoms with Gasteiger partial charge in [-0.2, -0.15) is 0 Å². The lowest BCUT2D eigenvalue weighted by Crippen LogP contribution is -2.52. The van der Waals surface area contributed by atoms with E-state index in [2.05, 4.69) is 16.0 Å². The van der Waals surface area contributed by atoms with Crippen LogP contribution >= 0.6 is 0 Å². The Bertz CT molecular complexity index is 631. The zero-order chi connectivity index (χ0) is 16.4. The molecule has 0 spiro atoms. The number of carbonyl (C=O) groups is 3. The summed E-state index contributed by atoms with van der Waals surface area (Å²) in [6.45, 7) is 1.19. The van der Waals surface area contributed by atoms with E-state index in [9.17, 15) is 19.5 Å². The van der Waals surface area contributed by atoms with Crippen LogP contribution in [0.4, 0.5) is 10.5 Å². The number of piperidine rings is 1. The van der Waals surface area contributed by atoms with Crippen LogP contribution in [0, 0.1) is 0 Å². The number of amides is 4. The van der Waals surface area contributed by atoms with Crippen molar-refractivity contribution in [1.82, 2.24) is 16.0 Å². The number of nitrogens with zero attached hydrogens (tertiary/aromatic N) is 1. The summed E-state index contributed by atoms with van der Waals surface area (Å²) in [5, 5.41) is 17.9. The molecule has 4 N–H and O–H groups in total. The first kappa shape index (κ1) is 15.4. The molecule has 2 aliphatic heterocycles. The van der Waals surface area contributed by atoms with E-state index in [1.807, 2.05) is 0 Å². The molecule has 0 radical (unpaired) electrons. The molecule has 23 heavy (non-hydrogen) atoms. The highest BCUT2D eigenvalue weighted by molar-refractivity contribution is 6.12. The fourth-order valence-electron chi connectivity index (χ4n) is 2.71. The minimum atomic E-state index is -0.605. The summed E-state index contributed by atoms with van der Waals surface area (Å²) in [4.78, 5) is 36.3. The van der Waals surface area contributed by atoms with Crippen LogP contribution in [-0.2, 0) is 4.79 Å². The molecule has 2 fully saturated rings. The minimum absolute atomic E-state index is 0.0222. The van der Waals surface area contributed by atoms with Crippen molar-refractivity contribution in [2.45, 2.75) is 18.6 Å². The second kappa shape index (κ2) is 6.35. The third-order valence-electron chi connectivity index (χ3n) is 4.00. The van der Waals surface area contributed by atoms with E-state index in [0.29, 0.717) is 24.2 Å². The smallest absolute Gasteiger partial charge is 0.329 e. The molecule has 3 rings (SSSR count). The first-order valence-electron chi connectivity index (χ1n) is 7.45. The largest absolute Gasteiger partial charge is 0.390 e. The summed E-state index contributed by atoms with van der Waals surface area (Å²) in [6, 6.07) is 5.68. The second-order valence-electron chi connectivity index (χ2n) is 5.63. The number of anilines is 1. The molecule has 8 heteroatoms. The van der Waals surface area contributed by atoms with Crippen LogP contribution in [0.3, 0.4) is 0 Å². The van der Waals surface area contributed by atoms with Gasteiger partial charge in [-0.1, -0.05) is 0 Å². The number of aliphatic hydroxyl groups excluding tert-OH is 1.